The van der Waals surface area contributed by atoms with Crippen LogP contribution in [0.4, 0.5) is 0 Å². The molecular formula is C12H14N2O4S. The minimum absolute atomic E-state index is 0.114. The molecule has 0 aromatic carbocycles. The van der Waals surface area contributed by atoms with Crippen molar-refractivity contribution in [1.29, 1.82) is 0 Å². The van der Waals surface area contributed by atoms with Crippen LogP contribution in [-0.4, -0.2) is 46.4 Å². The van der Waals surface area contributed by atoms with Crippen LogP contribution < -0.4 is 5.32 Å². The van der Waals surface area contributed by atoms with Gasteiger partial charge in [-0.1, -0.05) is 0 Å². The number of hydrogen-bond donors (Lipinski definition) is 2. The molecule has 0 aliphatic carbocycles. The topological polar surface area (TPSA) is 86.7 Å². The second-order valence-electron chi connectivity index (χ2n) is 4.74. The summed E-state index contributed by atoms with van der Waals surface area (Å²) in [5, 5.41) is 11.6. The molecule has 7 heteroatoms. The normalized spacial score (nSPS) is 18.0. The van der Waals surface area contributed by atoms with Gasteiger partial charge in [0.1, 0.15) is 10.4 Å². The molecule has 0 atom stereocenters. The van der Waals surface area contributed by atoms with Crippen molar-refractivity contribution in [1.82, 2.24) is 10.2 Å². The average Bonchev–Trinajstić information content (AvgIpc) is 2.81. The van der Waals surface area contributed by atoms with Crippen LogP contribution in [0.1, 0.15) is 33.2 Å². The quantitative estimate of drug-likeness (QED) is 0.840. The SMILES string of the molecule is CC1(C)C(=O)NCCN1C(=O)c1ccc(C(=O)O)s1. The number of carboxylic acids is 1. The number of carbonyl (C=O) groups excluding carboxylic acids is 2. The van der Waals surface area contributed by atoms with Crippen molar-refractivity contribution in [3.63, 3.8) is 0 Å². The fourth-order valence-corrected chi connectivity index (χ4v) is 2.75. The zero-order valence-corrected chi connectivity index (χ0v) is 11.4. The highest BCUT2D eigenvalue weighted by molar-refractivity contribution is 7.15. The molecule has 0 radical (unpaired) electrons. The molecule has 1 fully saturated rings. The van der Waals surface area contributed by atoms with Crippen LogP contribution in [-0.2, 0) is 4.79 Å². The summed E-state index contributed by atoms with van der Waals surface area (Å²) in [6.07, 6.45) is 0. The number of amides is 2. The van der Waals surface area contributed by atoms with Crippen LogP contribution in [0.3, 0.4) is 0 Å². The first-order valence-electron chi connectivity index (χ1n) is 5.77. The van der Waals surface area contributed by atoms with E-state index < -0.39 is 11.5 Å². The summed E-state index contributed by atoms with van der Waals surface area (Å²) in [4.78, 5) is 36.9. The lowest BCUT2D eigenvalue weighted by molar-refractivity contribution is -0.133. The van der Waals surface area contributed by atoms with E-state index in [1.54, 1.807) is 13.8 Å². The summed E-state index contributed by atoms with van der Waals surface area (Å²) in [5.41, 5.74) is -0.928. The summed E-state index contributed by atoms with van der Waals surface area (Å²) >= 11 is 0.922. The van der Waals surface area contributed by atoms with Gasteiger partial charge in [0, 0.05) is 13.1 Å². The number of piperazine rings is 1. The predicted octanol–water partition coefficient (Wildman–Crippen LogP) is 0.797. The molecule has 0 saturated carbocycles. The first-order chi connectivity index (χ1) is 8.84. The maximum atomic E-state index is 12.4. The maximum absolute atomic E-state index is 12.4. The molecule has 2 rings (SSSR count). The molecule has 1 aliphatic rings. The average molecular weight is 282 g/mol. The largest absolute Gasteiger partial charge is 0.477 e. The second-order valence-corrected chi connectivity index (χ2v) is 5.82. The molecule has 0 spiro atoms. The van der Waals surface area contributed by atoms with Gasteiger partial charge >= 0.3 is 5.97 Å². The third-order valence-electron chi connectivity index (χ3n) is 3.12. The van der Waals surface area contributed by atoms with Crippen molar-refractivity contribution in [2.45, 2.75) is 19.4 Å². The molecule has 0 unspecified atom stereocenters. The first-order valence-corrected chi connectivity index (χ1v) is 6.59. The molecule has 2 N–H and O–H groups in total. The van der Waals surface area contributed by atoms with E-state index in [0.717, 1.165) is 11.3 Å². The molecule has 1 aromatic heterocycles. The smallest absolute Gasteiger partial charge is 0.345 e. The van der Waals surface area contributed by atoms with Gasteiger partial charge in [0.05, 0.1) is 4.88 Å². The Morgan fingerprint density at radius 2 is 2.00 bits per heavy atom. The summed E-state index contributed by atoms with van der Waals surface area (Å²) in [5.74, 6) is -1.57. The Balaban J connectivity index is 2.27. The summed E-state index contributed by atoms with van der Waals surface area (Å²) in [6, 6.07) is 2.89. The first kappa shape index (κ1) is 13.5. The van der Waals surface area contributed by atoms with Gasteiger partial charge in [-0.2, -0.15) is 0 Å². The fourth-order valence-electron chi connectivity index (χ4n) is 1.96. The number of hydrogen-bond acceptors (Lipinski definition) is 4. The molecule has 1 saturated heterocycles. The van der Waals surface area contributed by atoms with E-state index >= 15 is 0 Å². The van der Waals surface area contributed by atoms with Gasteiger partial charge in [-0.25, -0.2) is 4.79 Å². The molecule has 102 valence electrons. The Morgan fingerprint density at radius 3 is 2.58 bits per heavy atom. The molecule has 1 aromatic rings. The van der Waals surface area contributed by atoms with Crippen molar-refractivity contribution >= 4 is 29.1 Å². The standard InChI is InChI=1S/C12H14N2O4S/c1-12(2)11(18)13-5-6-14(12)9(15)7-3-4-8(19-7)10(16)17/h3-4H,5-6H2,1-2H3,(H,13,18)(H,16,17). The van der Waals surface area contributed by atoms with Crippen molar-refractivity contribution < 1.29 is 19.5 Å². The third kappa shape index (κ3) is 2.33. The number of carboxylic acid groups (broad SMARTS) is 1. The molecule has 19 heavy (non-hydrogen) atoms. The van der Waals surface area contributed by atoms with Crippen LogP contribution >= 0.6 is 11.3 Å². The molecule has 6 nitrogen and oxygen atoms in total. The molecule has 2 amide bonds. The molecular weight excluding hydrogens is 268 g/mol. The zero-order valence-electron chi connectivity index (χ0n) is 10.6. The highest BCUT2D eigenvalue weighted by Crippen LogP contribution is 2.24. The minimum atomic E-state index is -1.06. The number of aromatic carboxylic acids is 1. The fraction of sp³-hybridized carbons (Fsp3) is 0.417. The summed E-state index contributed by atoms with van der Waals surface area (Å²) in [6.45, 7) is 4.17. The van der Waals surface area contributed by atoms with Gasteiger partial charge < -0.3 is 15.3 Å². The highest BCUT2D eigenvalue weighted by Gasteiger charge is 2.41. The number of nitrogens with zero attached hydrogens (tertiary/aromatic N) is 1. The molecule has 0 bridgehead atoms. The van der Waals surface area contributed by atoms with Gasteiger partial charge in [0.2, 0.25) is 5.91 Å². The van der Waals surface area contributed by atoms with E-state index in [2.05, 4.69) is 5.32 Å². The van der Waals surface area contributed by atoms with E-state index in [0.29, 0.717) is 18.0 Å². The van der Waals surface area contributed by atoms with E-state index in [1.807, 2.05) is 0 Å². The maximum Gasteiger partial charge on any atom is 0.345 e. The molecule has 1 aliphatic heterocycles. The zero-order chi connectivity index (χ0) is 14.2. The van der Waals surface area contributed by atoms with Crippen molar-refractivity contribution in [3.05, 3.63) is 21.9 Å². The second kappa shape index (κ2) is 4.65. The number of thiophene rings is 1. The van der Waals surface area contributed by atoms with Crippen LogP contribution in [0.25, 0.3) is 0 Å². The van der Waals surface area contributed by atoms with Gasteiger partial charge in [0.25, 0.3) is 5.91 Å². The minimum Gasteiger partial charge on any atom is -0.477 e. The number of carbonyl (C=O) groups is 3. The van der Waals surface area contributed by atoms with Crippen LogP contribution in [0.5, 0.6) is 0 Å². The number of nitrogens with one attached hydrogen (secondary N) is 1. The van der Waals surface area contributed by atoms with Gasteiger partial charge in [-0.05, 0) is 26.0 Å². The van der Waals surface area contributed by atoms with Crippen molar-refractivity contribution in [2.75, 3.05) is 13.1 Å². The van der Waals surface area contributed by atoms with Crippen molar-refractivity contribution in [3.8, 4) is 0 Å². The Hall–Kier alpha value is -1.89. The lowest BCUT2D eigenvalue weighted by Gasteiger charge is -2.40. The summed E-state index contributed by atoms with van der Waals surface area (Å²) < 4.78 is 0. The Morgan fingerprint density at radius 1 is 1.37 bits per heavy atom. The monoisotopic (exact) mass is 282 g/mol. The Labute approximate surface area is 114 Å². The summed E-state index contributed by atoms with van der Waals surface area (Å²) in [7, 11) is 0. The third-order valence-corrected chi connectivity index (χ3v) is 4.19. The van der Waals surface area contributed by atoms with Crippen LogP contribution in [0, 0.1) is 0 Å². The predicted molar refractivity (Wildman–Crippen MR) is 69.4 cm³/mol. The van der Waals surface area contributed by atoms with Crippen LogP contribution in [0.2, 0.25) is 0 Å². The number of rotatable bonds is 2. The van der Waals surface area contributed by atoms with E-state index in [-0.39, 0.29) is 16.7 Å². The van der Waals surface area contributed by atoms with Gasteiger partial charge in [-0.3, -0.25) is 9.59 Å². The lowest BCUT2D eigenvalue weighted by atomic mass is 9.98. The van der Waals surface area contributed by atoms with Gasteiger partial charge in [-0.15, -0.1) is 11.3 Å². The van der Waals surface area contributed by atoms with E-state index in [4.69, 9.17) is 5.11 Å². The molecule has 2 heterocycles. The van der Waals surface area contributed by atoms with E-state index in [9.17, 15) is 14.4 Å². The van der Waals surface area contributed by atoms with Gasteiger partial charge in [0.15, 0.2) is 0 Å². The van der Waals surface area contributed by atoms with Crippen molar-refractivity contribution in [2.24, 2.45) is 0 Å². The Bertz CT molecular complexity index is 550. The highest BCUT2D eigenvalue weighted by atomic mass is 32.1. The lowest BCUT2D eigenvalue weighted by Crippen LogP contribution is -2.63. The van der Waals surface area contributed by atoms with Crippen LogP contribution in [0.15, 0.2) is 12.1 Å². The van der Waals surface area contributed by atoms with E-state index in [1.165, 1.54) is 17.0 Å². The Kier molecular flexibility index (Phi) is 3.32.